The Bertz CT molecular complexity index is 1360. The van der Waals surface area contributed by atoms with E-state index in [0.717, 1.165) is 70.9 Å². The van der Waals surface area contributed by atoms with Gasteiger partial charge in [0.15, 0.2) is 5.65 Å². The summed E-state index contributed by atoms with van der Waals surface area (Å²) < 4.78 is 7.73. The third-order valence-electron chi connectivity index (χ3n) is 6.16. The summed E-state index contributed by atoms with van der Waals surface area (Å²) in [4.78, 5) is 25.0. The fourth-order valence-corrected chi connectivity index (χ4v) is 4.69. The van der Waals surface area contributed by atoms with Crippen LogP contribution in [-0.2, 0) is 24.1 Å². The molecule has 1 aliphatic rings. The van der Waals surface area contributed by atoms with Crippen LogP contribution in [0.5, 0.6) is 0 Å². The number of aryl methyl sites for hydroxylation is 2. The zero-order chi connectivity index (χ0) is 24.6. The first-order valence-electron chi connectivity index (χ1n) is 12.2. The molecule has 1 amide bonds. The number of pyridine rings is 1. The van der Waals surface area contributed by atoms with Crippen LogP contribution in [0.2, 0.25) is 0 Å². The van der Waals surface area contributed by atoms with E-state index in [1.165, 1.54) is 0 Å². The van der Waals surface area contributed by atoms with Crippen molar-refractivity contribution in [2.24, 2.45) is 0 Å². The number of anilines is 1. The van der Waals surface area contributed by atoms with Gasteiger partial charge in [-0.3, -0.25) is 9.88 Å². The molecule has 0 saturated heterocycles. The van der Waals surface area contributed by atoms with Crippen molar-refractivity contribution in [3.05, 3.63) is 77.4 Å². The van der Waals surface area contributed by atoms with Gasteiger partial charge in [-0.2, -0.15) is 9.61 Å². The molecule has 3 aromatic heterocycles. The van der Waals surface area contributed by atoms with Gasteiger partial charge in [0.05, 0.1) is 17.9 Å². The summed E-state index contributed by atoms with van der Waals surface area (Å²) in [5.74, 6) is 0.731. The van der Waals surface area contributed by atoms with Gasteiger partial charge in [0.1, 0.15) is 11.4 Å². The first-order valence-corrected chi connectivity index (χ1v) is 12.2. The Balaban J connectivity index is 1.76. The van der Waals surface area contributed by atoms with Gasteiger partial charge in [0.25, 0.3) is 0 Å². The van der Waals surface area contributed by atoms with Crippen molar-refractivity contribution in [3.8, 4) is 11.1 Å². The van der Waals surface area contributed by atoms with Crippen molar-refractivity contribution >= 4 is 17.6 Å². The van der Waals surface area contributed by atoms with Crippen LogP contribution in [-0.4, -0.2) is 31.3 Å². The molecule has 7 nitrogen and oxygen atoms in total. The minimum atomic E-state index is -0.638. The average molecular weight is 470 g/mol. The van der Waals surface area contributed by atoms with Crippen LogP contribution in [0, 0.1) is 6.92 Å². The summed E-state index contributed by atoms with van der Waals surface area (Å²) in [6, 6.07) is 15.9. The number of hydrogen-bond donors (Lipinski definition) is 0. The number of rotatable bonds is 4. The van der Waals surface area contributed by atoms with E-state index in [9.17, 15) is 4.79 Å². The van der Waals surface area contributed by atoms with Crippen LogP contribution in [0.15, 0.2) is 54.7 Å². The van der Waals surface area contributed by atoms with Crippen LogP contribution < -0.4 is 4.90 Å². The standard InChI is InChI=1S/C28H31N5O2/c1-19-24(20-12-6-5-7-13-20)25-30-23-16-9-8-15-22(23)26(33(25)31-19)32(27(34)35-28(2,3)4)18-21-14-10-11-17-29-21/h5-7,10-14,17H,8-9,15-16,18H2,1-4H3. The molecule has 0 fully saturated rings. The second-order valence-electron chi connectivity index (χ2n) is 10.0. The predicted octanol–water partition coefficient (Wildman–Crippen LogP) is 5.92. The van der Waals surface area contributed by atoms with Gasteiger partial charge >= 0.3 is 6.09 Å². The van der Waals surface area contributed by atoms with Crippen LogP contribution >= 0.6 is 0 Å². The summed E-state index contributed by atoms with van der Waals surface area (Å²) in [6.07, 6.45) is 5.17. The molecular weight excluding hydrogens is 438 g/mol. The molecule has 0 spiro atoms. The molecule has 35 heavy (non-hydrogen) atoms. The molecule has 0 radical (unpaired) electrons. The van der Waals surface area contributed by atoms with E-state index in [1.54, 1.807) is 11.1 Å². The minimum absolute atomic E-state index is 0.279. The molecule has 0 aliphatic heterocycles. The van der Waals surface area contributed by atoms with E-state index in [-0.39, 0.29) is 6.54 Å². The molecular formula is C28H31N5O2. The largest absolute Gasteiger partial charge is 0.443 e. The van der Waals surface area contributed by atoms with Crippen LogP contribution in [0.1, 0.15) is 56.3 Å². The summed E-state index contributed by atoms with van der Waals surface area (Å²) in [5, 5.41) is 4.92. The Morgan fingerprint density at radius 2 is 1.80 bits per heavy atom. The van der Waals surface area contributed by atoms with E-state index in [2.05, 4.69) is 17.1 Å². The first-order chi connectivity index (χ1) is 16.8. The number of amides is 1. The maximum atomic E-state index is 13.7. The number of benzene rings is 1. The van der Waals surface area contributed by atoms with Gasteiger partial charge in [-0.05, 0) is 71.1 Å². The fraction of sp³-hybridized carbons (Fsp3) is 0.357. The lowest BCUT2D eigenvalue weighted by Crippen LogP contribution is -2.39. The molecule has 0 unspecified atom stereocenters. The highest BCUT2D eigenvalue weighted by molar-refractivity contribution is 5.90. The fourth-order valence-electron chi connectivity index (χ4n) is 4.69. The summed E-state index contributed by atoms with van der Waals surface area (Å²) in [5.41, 5.74) is 5.91. The molecule has 1 aliphatic carbocycles. The average Bonchev–Trinajstić information content (AvgIpc) is 3.16. The molecule has 1 aromatic carbocycles. The highest BCUT2D eigenvalue weighted by Gasteiger charge is 2.32. The van der Waals surface area contributed by atoms with Crippen LogP contribution in [0.4, 0.5) is 10.6 Å². The van der Waals surface area contributed by atoms with Crippen molar-refractivity contribution < 1.29 is 9.53 Å². The molecule has 3 heterocycles. The Kier molecular flexibility index (Phi) is 6.01. The van der Waals surface area contributed by atoms with Crippen LogP contribution in [0.3, 0.4) is 0 Å². The summed E-state index contributed by atoms with van der Waals surface area (Å²) >= 11 is 0. The molecule has 7 heteroatoms. The van der Waals surface area contributed by atoms with E-state index in [1.807, 2.05) is 68.6 Å². The maximum Gasteiger partial charge on any atom is 0.416 e. The zero-order valence-corrected chi connectivity index (χ0v) is 20.8. The highest BCUT2D eigenvalue weighted by Crippen LogP contribution is 2.36. The number of carbonyl (C=O) groups excluding carboxylic acids is 1. The second kappa shape index (κ2) is 9.13. The van der Waals surface area contributed by atoms with E-state index >= 15 is 0 Å². The SMILES string of the molecule is Cc1nn2c(N(Cc3ccccn3)C(=O)OC(C)(C)C)c3c(nc2c1-c1ccccc1)CCCC3. The second-order valence-corrected chi connectivity index (χ2v) is 10.0. The maximum absolute atomic E-state index is 13.7. The Morgan fingerprint density at radius 1 is 1.06 bits per heavy atom. The minimum Gasteiger partial charge on any atom is -0.443 e. The number of fused-ring (bicyclic) bond motifs is 2. The Labute approximate surface area is 205 Å². The van der Waals surface area contributed by atoms with E-state index in [0.29, 0.717) is 0 Å². The monoisotopic (exact) mass is 469 g/mol. The number of nitrogens with zero attached hydrogens (tertiary/aromatic N) is 5. The molecule has 4 aromatic rings. The first kappa shape index (κ1) is 23.0. The van der Waals surface area contributed by atoms with Gasteiger partial charge < -0.3 is 4.74 Å². The van der Waals surface area contributed by atoms with Gasteiger partial charge in [0, 0.05) is 23.0 Å². The van der Waals surface area contributed by atoms with Crippen molar-refractivity contribution in [2.75, 3.05) is 4.90 Å². The van der Waals surface area contributed by atoms with E-state index < -0.39 is 11.7 Å². The number of ether oxygens (including phenoxy) is 1. The molecule has 0 atom stereocenters. The van der Waals surface area contributed by atoms with Gasteiger partial charge in [-0.15, -0.1) is 0 Å². The quantitative estimate of drug-likeness (QED) is 0.371. The van der Waals surface area contributed by atoms with Crippen LogP contribution in [0.25, 0.3) is 16.8 Å². The van der Waals surface area contributed by atoms with Crippen molar-refractivity contribution in [2.45, 2.75) is 65.5 Å². The lowest BCUT2D eigenvalue weighted by molar-refractivity contribution is 0.0574. The summed E-state index contributed by atoms with van der Waals surface area (Å²) in [7, 11) is 0. The molecule has 0 N–H and O–H groups in total. The summed E-state index contributed by atoms with van der Waals surface area (Å²) in [6.45, 7) is 7.92. The Hall–Kier alpha value is -3.74. The topological polar surface area (TPSA) is 72.6 Å². The number of hydrogen-bond acceptors (Lipinski definition) is 5. The molecule has 0 saturated carbocycles. The Morgan fingerprint density at radius 3 is 2.51 bits per heavy atom. The van der Waals surface area contributed by atoms with Crippen molar-refractivity contribution in [1.82, 2.24) is 19.6 Å². The smallest absolute Gasteiger partial charge is 0.416 e. The van der Waals surface area contributed by atoms with Crippen molar-refractivity contribution in [1.29, 1.82) is 0 Å². The van der Waals surface area contributed by atoms with Gasteiger partial charge in [-0.1, -0.05) is 36.4 Å². The normalized spacial score (nSPS) is 13.5. The molecule has 180 valence electrons. The third kappa shape index (κ3) is 4.63. The number of aromatic nitrogens is 4. The lowest BCUT2D eigenvalue weighted by atomic mass is 9.95. The zero-order valence-electron chi connectivity index (χ0n) is 20.8. The highest BCUT2D eigenvalue weighted by atomic mass is 16.6. The molecule has 0 bridgehead atoms. The van der Waals surface area contributed by atoms with Gasteiger partial charge in [-0.25, -0.2) is 9.78 Å². The predicted molar refractivity (Wildman–Crippen MR) is 136 cm³/mol. The van der Waals surface area contributed by atoms with E-state index in [4.69, 9.17) is 14.8 Å². The number of carbonyl (C=O) groups is 1. The van der Waals surface area contributed by atoms with Gasteiger partial charge in [0.2, 0.25) is 0 Å². The lowest BCUT2D eigenvalue weighted by Gasteiger charge is -2.30. The van der Waals surface area contributed by atoms with Crippen molar-refractivity contribution in [3.63, 3.8) is 0 Å². The molecule has 5 rings (SSSR count). The third-order valence-corrected chi connectivity index (χ3v) is 6.16.